The summed E-state index contributed by atoms with van der Waals surface area (Å²) in [4.78, 5) is 17.2. The molecule has 0 saturated carbocycles. The molecule has 0 radical (unpaired) electrons. The minimum Gasteiger partial charge on any atom is -0.397 e. The van der Waals surface area contributed by atoms with Crippen molar-refractivity contribution in [3.8, 4) is 0 Å². The van der Waals surface area contributed by atoms with Crippen molar-refractivity contribution < 1.29 is 4.79 Å². The number of nitrogen functional groups attached to an aromatic ring is 1. The Balaban J connectivity index is 2.15. The maximum Gasteiger partial charge on any atom is 0.270 e. The molecule has 0 aliphatic carbocycles. The topological polar surface area (TPSA) is 62.1 Å². The Morgan fingerprint density at radius 1 is 1.37 bits per heavy atom. The van der Waals surface area contributed by atoms with Crippen LogP contribution in [0.2, 0.25) is 0 Å². The molecule has 1 aromatic carbocycles. The van der Waals surface area contributed by atoms with Gasteiger partial charge in [0, 0.05) is 19.0 Å². The lowest BCUT2D eigenvalue weighted by Crippen LogP contribution is -2.27. The molecule has 102 valence electrons. The second kappa shape index (κ2) is 5.78. The lowest BCUT2D eigenvalue weighted by Gasteiger charge is -2.15. The number of nitrogens with two attached hydrogens (primary N) is 1. The average Bonchev–Trinajstić information content (AvgIpc) is 2.83. The van der Waals surface area contributed by atoms with E-state index < -0.39 is 0 Å². The first-order chi connectivity index (χ1) is 9.13. The fourth-order valence-electron chi connectivity index (χ4n) is 2.20. The van der Waals surface area contributed by atoms with E-state index in [0.717, 1.165) is 36.7 Å². The van der Waals surface area contributed by atoms with Gasteiger partial charge in [-0.2, -0.15) is 0 Å². The number of benzene rings is 1. The Kier molecular flexibility index (Phi) is 4.10. The van der Waals surface area contributed by atoms with Crippen LogP contribution < -0.4 is 5.73 Å². The molecule has 3 N–H and O–H groups in total. The van der Waals surface area contributed by atoms with Crippen LogP contribution in [-0.2, 0) is 0 Å². The highest BCUT2D eigenvalue weighted by molar-refractivity contribution is 6.00. The minimum absolute atomic E-state index is 0.0201. The van der Waals surface area contributed by atoms with E-state index in [4.69, 9.17) is 5.73 Å². The number of unbranched alkanes of at least 4 members (excludes halogenated alkanes) is 2. The van der Waals surface area contributed by atoms with Gasteiger partial charge in [0.15, 0.2) is 0 Å². The van der Waals surface area contributed by atoms with Crippen LogP contribution in [0.3, 0.4) is 0 Å². The van der Waals surface area contributed by atoms with Crippen LogP contribution in [0.25, 0.3) is 10.9 Å². The smallest absolute Gasteiger partial charge is 0.270 e. The Labute approximate surface area is 113 Å². The van der Waals surface area contributed by atoms with Crippen LogP contribution in [0, 0.1) is 0 Å². The van der Waals surface area contributed by atoms with Gasteiger partial charge >= 0.3 is 0 Å². The van der Waals surface area contributed by atoms with Crippen molar-refractivity contribution in [2.75, 3.05) is 19.3 Å². The number of aromatic nitrogens is 1. The third-order valence-electron chi connectivity index (χ3n) is 3.36. The summed E-state index contributed by atoms with van der Waals surface area (Å²) in [6.07, 6.45) is 3.35. The molecule has 0 aliphatic heterocycles. The molecule has 0 saturated heterocycles. The van der Waals surface area contributed by atoms with E-state index in [2.05, 4.69) is 11.9 Å². The number of carbonyl (C=O) groups is 1. The van der Waals surface area contributed by atoms with Crippen LogP contribution in [0.15, 0.2) is 24.3 Å². The Hall–Kier alpha value is -1.97. The number of anilines is 1. The number of hydrogen-bond acceptors (Lipinski definition) is 2. The number of aromatic amines is 1. The van der Waals surface area contributed by atoms with Crippen LogP contribution in [0.1, 0.15) is 36.7 Å². The van der Waals surface area contributed by atoms with E-state index >= 15 is 0 Å². The number of H-pyrrole nitrogens is 1. The van der Waals surface area contributed by atoms with Crippen molar-refractivity contribution in [3.05, 3.63) is 30.0 Å². The van der Waals surface area contributed by atoms with E-state index in [1.807, 2.05) is 31.3 Å². The molecule has 2 rings (SSSR count). The van der Waals surface area contributed by atoms with Crippen LogP contribution in [-0.4, -0.2) is 29.4 Å². The summed E-state index contributed by atoms with van der Waals surface area (Å²) >= 11 is 0. The van der Waals surface area contributed by atoms with Gasteiger partial charge in [-0.3, -0.25) is 4.79 Å². The number of amides is 1. The number of hydrogen-bond donors (Lipinski definition) is 2. The minimum atomic E-state index is 0.0201. The summed E-state index contributed by atoms with van der Waals surface area (Å²) in [5.41, 5.74) is 8.00. The van der Waals surface area contributed by atoms with Gasteiger partial charge < -0.3 is 15.6 Å². The first kappa shape index (κ1) is 13.5. The maximum atomic E-state index is 12.3. The molecule has 19 heavy (non-hydrogen) atoms. The first-order valence-corrected chi connectivity index (χ1v) is 6.76. The first-order valence-electron chi connectivity index (χ1n) is 6.76. The Bertz CT molecular complexity index is 574. The summed E-state index contributed by atoms with van der Waals surface area (Å²) in [5, 5.41) is 0.977. The zero-order valence-electron chi connectivity index (χ0n) is 11.6. The molecule has 0 spiro atoms. The predicted octanol–water partition coefficient (Wildman–Crippen LogP) is 3.01. The van der Waals surface area contributed by atoms with E-state index in [9.17, 15) is 4.79 Å². The summed E-state index contributed by atoms with van der Waals surface area (Å²) < 4.78 is 0. The van der Waals surface area contributed by atoms with Gasteiger partial charge in [-0.25, -0.2) is 0 Å². The lowest BCUT2D eigenvalue weighted by molar-refractivity contribution is 0.0788. The standard InChI is InChI=1S/C15H21N3O/c1-3-4-5-9-18(2)15(19)13-10-11-7-6-8-12(16)14(11)17-13/h6-8,10,17H,3-5,9,16H2,1-2H3. The fraction of sp³-hybridized carbons (Fsp3) is 0.400. The molecule has 4 nitrogen and oxygen atoms in total. The molecule has 0 unspecified atom stereocenters. The number of nitrogens with zero attached hydrogens (tertiary/aromatic N) is 1. The van der Waals surface area contributed by atoms with Crippen molar-refractivity contribution in [1.82, 2.24) is 9.88 Å². The zero-order valence-corrected chi connectivity index (χ0v) is 11.6. The van der Waals surface area contributed by atoms with E-state index in [-0.39, 0.29) is 5.91 Å². The quantitative estimate of drug-likeness (QED) is 0.640. The van der Waals surface area contributed by atoms with Gasteiger partial charge in [-0.1, -0.05) is 31.9 Å². The number of nitrogens with one attached hydrogen (secondary N) is 1. The Morgan fingerprint density at radius 2 is 2.16 bits per heavy atom. The largest absolute Gasteiger partial charge is 0.397 e. The molecule has 0 aliphatic rings. The number of rotatable bonds is 5. The van der Waals surface area contributed by atoms with Crippen molar-refractivity contribution in [1.29, 1.82) is 0 Å². The van der Waals surface area contributed by atoms with E-state index in [1.54, 1.807) is 4.90 Å². The van der Waals surface area contributed by atoms with Crippen molar-refractivity contribution in [2.45, 2.75) is 26.2 Å². The maximum absolute atomic E-state index is 12.3. The highest BCUT2D eigenvalue weighted by Gasteiger charge is 2.14. The second-order valence-electron chi connectivity index (χ2n) is 4.93. The fourth-order valence-corrected chi connectivity index (χ4v) is 2.20. The van der Waals surface area contributed by atoms with Crippen molar-refractivity contribution in [3.63, 3.8) is 0 Å². The van der Waals surface area contributed by atoms with E-state index in [1.165, 1.54) is 0 Å². The number of carbonyl (C=O) groups excluding carboxylic acids is 1. The molecule has 1 amide bonds. The van der Waals surface area contributed by atoms with E-state index in [0.29, 0.717) is 11.4 Å². The summed E-state index contributed by atoms with van der Waals surface area (Å²) in [6.45, 7) is 2.94. The predicted molar refractivity (Wildman–Crippen MR) is 79.2 cm³/mol. The summed E-state index contributed by atoms with van der Waals surface area (Å²) in [6, 6.07) is 7.54. The number of fused-ring (bicyclic) bond motifs is 1. The van der Waals surface area contributed by atoms with Gasteiger partial charge in [-0.15, -0.1) is 0 Å². The molecular weight excluding hydrogens is 238 g/mol. The molecular formula is C15H21N3O. The highest BCUT2D eigenvalue weighted by atomic mass is 16.2. The van der Waals surface area contributed by atoms with Gasteiger partial charge in [0.2, 0.25) is 0 Å². The molecule has 1 aromatic heterocycles. The van der Waals surface area contributed by atoms with Crippen LogP contribution in [0.5, 0.6) is 0 Å². The molecule has 4 heteroatoms. The highest BCUT2D eigenvalue weighted by Crippen LogP contribution is 2.21. The molecule has 0 fully saturated rings. The van der Waals surface area contributed by atoms with Crippen LogP contribution >= 0.6 is 0 Å². The molecule has 1 heterocycles. The third-order valence-corrected chi connectivity index (χ3v) is 3.36. The summed E-state index contributed by atoms with van der Waals surface area (Å²) in [7, 11) is 1.84. The molecule has 0 bridgehead atoms. The second-order valence-corrected chi connectivity index (χ2v) is 4.93. The zero-order chi connectivity index (χ0) is 13.8. The van der Waals surface area contributed by atoms with Gasteiger partial charge in [-0.05, 0) is 18.6 Å². The SMILES string of the molecule is CCCCCN(C)C(=O)c1cc2cccc(N)c2[nH]1. The van der Waals surface area contributed by atoms with Gasteiger partial charge in [0.25, 0.3) is 5.91 Å². The molecule has 2 aromatic rings. The number of para-hydroxylation sites is 1. The van der Waals surface area contributed by atoms with Crippen LogP contribution in [0.4, 0.5) is 5.69 Å². The Morgan fingerprint density at radius 3 is 2.84 bits per heavy atom. The monoisotopic (exact) mass is 259 g/mol. The van der Waals surface area contributed by atoms with Crippen molar-refractivity contribution in [2.24, 2.45) is 0 Å². The van der Waals surface area contributed by atoms with Gasteiger partial charge in [0.05, 0.1) is 11.2 Å². The van der Waals surface area contributed by atoms with Gasteiger partial charge in [0.1, 0.15) is 5.69 Å². The molecule has 0 atom stereocenters. The third kappa shape index (κ3) is 2.89. The van der Waals surface area contributed by atoms with Crippen molar-refractivity contribution >= 4 is 22.5 Å². The summed E-state index contributed by atoms with van der Waals surface area (Å²) in [5.74, 6) is 0.0201. The normalized spacial score (nSPS) is 10.8. The lowest BCUT2D eigenvalue weighted by atomic mass is 10.2. The average molecular weight is 259 g/mol.